The molecule has 0 amide bonds. The molecule has 1 aromatic heterocycles. The Kier molecular flexibility index (Phi) is 4.64. The number of hydrogen-bond acceptors (Lipinski definition) is 3. The maximum Gasteiger partial charge on any atom is 0.0701 e. The van der Waals surface area contributed by atoms with Crippen LogP contribution >= 0.6 is 27.3 Å². The highest BCUT2D eigenvalue weighted by molar-refractivity contribution is 9.11. The Hall–Kier alpha value is 0.1000. The van der Waals surface area contributed by atoms with Crippen molar-refractivity contribution in [2.45, 2.75) is 44.7 Å². The van der Waals surface area contributed by atoms with E-state index in [0.29, 0.717) is 0 Å². The number of hydrogen-bond donors (Lipinski definition) is 2. The first-order chi connectivity index (χ1) is 8.13. The van der Waals surface area contributed by atoms with E-state index in [1.807, 2.05) is 0 Å². The van der Waals surface area contributed by atoms with Crippen LogP contribution in [0.2, 0.25) is 0 Å². The minimum absolute atomic E-state index is 0.0475. The first-order valence-electron chi connectivity index (χ1n) is 6.24. The third-order valence-corrected chi connectivity index (χ3v) is 5.28. The van der Waals surface area contributed by atoms with Gasteiger partial charge < -0.3 is 10.4 Å². The van der Waals surface area contributed by atoms with Crippen LogP contribution in [0, 0.1) is 5.92 Å². The highest BCUT2D eigenvalue weighted by Gasteiger charge is 2.33. The van der Waals surface area contributed by atoms with Gasteiger partial charge in [-0.05, 0) is 46.8 Å². The van der Waals surface area contributed by atoms with Gasteiger partial charge in [0.2, 0.25) is 0 Å². The minimum atomic E-state index is -0.0475. The van der Waals surface area contributed by atoms with Gasteiger partial charge in [-0.15, -0.1) is 11.3 Å². The standard InChI is InChI=1S/C13H20BrNOS/c1-10-3-2-6-13(7-10,9-16)15-8-11-4-5-12(14)17-11/h4-5,10,15-16H,2-3,6-9H2,1H3. The molecule has 2 nitrogen and oxygen atoms in total. The molecule has 1 aliphatic carbocycles. The molecular formula is C13H20BrNOS. The normalized spacial score (nSPS) is 29.5. The molecule has 2 unspecified atom stereocenters. The molecule has 0 aliphatic heterocycles. The van der Waals surface area contributed by atoms with Gasteiger partial charge >= 0.3 is 0 Å². The van der Waals surface area contributed by atoms with Crippen LogP contribution in [0.1, 0.15) is 37.5 Å². The van der Waals surface area contributed by atoms with Crippen LogP contribution in [0.25, 0.3) is 0 Å². The van der Waals surface area contributed by atoms with Gasteiger partial charge in [-0.25, -0.2) is 0 Å². The summed E-state index contributed by atoms with van der Waals surface area (Å²) in [7, 11) is 0. The van der Waals surface area contributed by atoms with Crippen molar-refractivity contribution in [2.24, 2.45) is 5.92 Å². The lowest BCUT2D eigenvalue weighted by atomic mass is 9.77. The Morgan fingerprint density at radius 2 is 2.41 bits per heavy atom. The second-order valence-corrected chi connectivity index (χ2v) is 7.75. The van der Waals surface area contributed by atoms with Crippen molar-refractivity contribution in [3.63, 3.8) is 0 Å². The van der Waals surface area contributed by atoms with Gasteiger partial charge in [0.05, 0.1) is 10.4 Å². The van der Waals surface area contributed by atoms with Crippen molar-refractivity contribution in [3.05, 3.63) is 20.8 Å². The molecule has 1 heterocycles. The van der Waals surface area contributed by atoms with Gasteiger partial charge in [0.25, 0.3) is 0 Å². The largest absolute Gasteiger partial charge is 0.394 e. The van der Waals surface area contributed by atoms with Crippen LogP contribution in [0.3, 0.4) is 0 Å². The van der Waals surface area contributed by atoms with Crippen LogP contribution in [0.15, 0.2) is 15.9 Å². The summed E-state index contributed by atoms with van der Waals surface area (Å²) in [6, 6.07) is 4.22. The molecule has 0 saturated heterocycles. The fourth-order valence-electron chi connectivity index (χ4n) is 2.74. The van der Waals surface area contributed by atoms with Gasteiger partial charge in [0, 0.05) is 17.0 Å². The maximum atomic E-state index is 9.67. The summed E-state index contributed by atoms with van der Waals surface area (Å²) >= 11 is 5.24. The van der Waals surface area contributed by atoms with Crippen LogP contribution in [-0.4, -0.2) is 17.3 Å². The number of aliphatic hydroxyl groups is 1. The van der Waals surface area contributed by atoms with Crippen molar-refractivity contribution < 1.29 is 5.11 Å². The lowest BCUT2D eigenvalue weighted by molar-refractivity contribution is 0.0985. The molecule has 0 radical (unpaired) electrons. The summed E-state index contributed by atoms with van der Waals surface area (Å²) in [5.41, 5.74) is -0.0475. The number of thiophene rings is 1. The van der Waals surface area contributed by atoms with Crippen LogP contribution in [0.4, 0.5) is 0 Å². The fraction of sp³-hybridized carbons (Fsp3) is 0.692. The average molecular weight is 318 g/mol. The molecule has 0 aromatic carbocycles. The van der Waals surface area contributed by atoms with Gasteiger partial charge in [0.1, 0.15) is 0 Å². The monoisotopic (exact) mass is 317 g/mol. The molecule has 0 spiro atoms. The summed E-state index contributed by atoms with van der Waals surface area (Å²) in [6.07, 6.45) is 4.72. The minimum Gasteiger partial charge on any atom is -0.394 e. The molecule has 2 N–H and O–H groups in total. The predicted molar refractivity (Wildman–Crippen MR) is 76.3 cm³/mol. The number of halogens is 1. The summed E-state index contributed by atoms with van der Waals surface area (Å²) in [4.78, 5) is 1.32. The molecule has 1 fully saturated rings. The zero-order chi connectivity index (χ0) is 12.3. The Labute approximate surface area is 116 Å². The van der Waals surface area contributed by atoms with Gasteiger partial charge in [-0.2, -0.15) is 0 Å². The highest BCUT2D eigenvalue weighted by Crippen LogP contribution is 2.32. The number of rotatable bonds is 4. The topological polar surface area (TPSA) is 32.3 Å². The zero-order valence-corrected chi connectivity index (χ0v) is 12.6. The van der Waals surface area contributed by atoms with Gasteiger partial charge in [-0.3, -0.25) is 0 Å². The molecule has 96 valence electrons. The highest BCUT2D eigenvalue weighted by atomic mass is 79.9. The van der Waals surface area contributed by atoms with Crippen LogP contribution < -0.4 is 5.32 Å². The Balaban J connectivity index is 1.94. The van der Waals surface area contributed by atoms with Crippen LogP contribution in [-0.2, 0) is 6.54 Å². The predicted octanol–water partition coefficient (Wildman–Crippen LogP) is 3.54. The van der Waals surface area contributed by atoms with Crippen molar-refractivity contribution in [3.8, 4) is 0 Å². The molecule has 0 bridgehead atoms. The SMILES string of the molecule is CC1CCCC(CO)(NCc2ccc(Br)s2)C1. The summed E-state index contributed by atoms with van der Waals surface area (Å²) in [5.74, 6) is 0.721. The Morgan fingerprint density at radius 1 is 1.59 bits per heavy atom. The first-order valence-corrected chi connectivity index (χ1v) is 7.85. The molecule has 2 atom stereocenters. The average Bonchev–Trinajstić information content (AvgIpc) is 2.73. The summed E-state index contributed by atoms with van der Waals surface area (Å²) in [5, 5.41) is 13.3. The van der Waals surface area contributed by atoms with E-state index in [1.165, 1.54) is 21.5 Å². The second kappa shape index (κ2) is 5.83. The van der Waals surface area contributed by atoms with Gasteiger partial charge in [-0.1, -0.05) is 19.8 Å². The second-order valence-electron chi connectivity index (χ2n) is 5.20. The van der Waals surface area contributed by atoms with E-state index in [-0.39, 0.29) is 12.1 Å². The molecular weight excluding hydrogens is 298 g/mol. The smallest absolute Gasteiger partial charge is 0.0701 e. The summed E-state index contributed by atoms with van der Waals surface area (Å²) in [6.45, 7) is 3.40. The third-order valence-electron chi connectivity index (χ3n) is 3.66. The van der Waals surface area contributed by atoms with Crippen molar-refractivity contribution in [2.75, 3.05) is 6.61 Å². The van der Waals surface area contributed by atoms with Gasteiger partial charge in [0.15, 0.2) is 0 Å². The van der Waals surface area contributed by atoms with E-state index < -0.39 is 0 Å². The lowest BCUT2D eigenvalue weighted by Crippen LogP contribution is -2.50. The zero-order valence-electron chi connectivity index (χ0n) is 10.2. The molecule has 2 rings (SSSR count). The van der Waals surface area contributed by atoms with Crippen molar-refractivity contribution >= 4 is 27.3 Å². The Bertz CT molecular complexity index is 368. The fourth-order valence-corrected chi connectivity index (χ4v) is 4.16. The lowest BCUT2D eigenvalue weighted by Gasteiger charge is -2.39. The molecule has 1 saturated carbocycles. The van der Waals surface area contributed by atoms with Crippen molar-refractivity contribution in [1.82, 2.24) is 5.32 Å². The van der Waals surface area contributed by atoms with E-state index in [2.05, 4.69) is 40.3 Å². The summed E-state index contributed by atoms with van der Waals surface area (Å²) < 4.78 is 1.17. The molecule has 1 aromatic rings. The molecule has 17 heavy (non-hydrogen) atoms. The Morgan fingerprint density at radius 3 is 3.00 bits per heavy atom. The first kappa shape index (κ1) is 13.5. The molecule has 4 heteroatoms. The van der Waals surface area contributed by atoms with E-state index in [0.717, 1.165) is 25.3 Å². The maximum absolute atomic E-state index is 9.67. The quantitative estimate of drug-likeness (QED) is 0.890. The van der Waals surface area contributed by atoms with E-state index in [9.17, 15) is 5.11 Å². The molecule has 1 aliphatic rings. The van der Waals surface area contributed by atoms with E-state index >= 15 is 0 Å². The van der Waals surface area contributed by atoms with E-state index in [1.54, 1.807) is 11.3 Å². The van der Waals surface area contributed by atoms with Crippen LogP contribution in [0.5, 0.6) is 0 Å². The number of nitrogens with one attached hydrogen (secondary N) is 1. The number of aliphatic hydroxyl groups excluding tert-OH is 1. The van der Waals surface area contributed by atoms with E-state index in [4.69, 9.17) is 0 Å². The van der Waals surface area contributed by atoms with Crippen molar-refractivity contribution in [1.29, 1.82) is 0 Å². The third kappa shape index (κ3) is 3.53.